The quantitative estimate of drug-likeness (QED) is 0.775. The van der Waals surface area contributed by atoms with Gasteiger partial charge >= 0.3 is 0 Å². The molecule has 1 aliphatic carbocycles. The molecule has 0 bridgehead atoms. The van der Waals surface area contributed by atoms with E-state index in [0.717, 1.165) is 18.7 Å². The summed E-state index contributed by atoms with van der Waals surface area (Å²) in [5.41, 5.74) is 6.03. The van der Waals surface area contributed by atoms with E-state index in [-0.39, 0.29) is 5.75 Å². The number of hydrogen-bond acceptors (Lipinski definition) is 3. The summed E-state index contributed by atoms with van der Waals surface area (Å²) >= 11 is 0. The Labute approximate surface area is 89.9 Å². The Morgan fingerprint density at radius 1 is 1.40 bits per heavy atom. The molecule has 3 heteroatoms. The first-order valence-corrected chi connectivity index (χ1v) is 5.36. The summed E-state index contributed by atoms with van der Waals surface area (Å²) in [6.45, 7) is 1.44. The van der Waals surface area contributed by atoms with E-state index in [0.29, 0.717) is 12.0 Å². The highest BCUT2D eigenvalue weighted by Gasteiger charge is 2.40. The van der Waals surface area contributed by atoms with E-state index in [1.165, 1.54) is 12.8 Å². The van der Waals surface area contributed by atoms with E-state index in [1.807, 2.05) is 6.07 Å². The number of rotatable bonds is 5. The number of phenolic OH excluding ortho intramolecular Hbond substituents is 1. The minimum Gasteiger partial charge on any atom is -0.508 e. The molecular weight excluding hydrogens is 190 g/mol. The molecule has 1 aromatic rings. The summed E-state index contributed by atoms with van der Waals surface area (Å²) in [6.07, 6.45) is 3.47. The van der Waals surface area contributed by atoms with Gasteiger partial charge in [0.1, 0.15) is 11.5 Å². The zero-order chi connectivity index (χ0) is 10.7. The third-order valence-corrected chi connectivity index (χ3v) is 3.11. The Kier molecular flexibility index (Phi) is 2.82. The van der Waals surface area contributed by atoms with Crippen LogP contribution in [0.2, 0.25) is 0 Å². The molecule has 2 rings (SSSR count). The van der Waals surface area contributed by atoms with Gasteiger partial charge in [0.2, 0.25) is 0 Å². The van der Waals surface area contributed by atoms with Gasteiger partial charge in [-0.25, -0.2) is 0 Å². The van der Waals surface area contributed by atoms with Gasteiger partial charge in [0.25, 0.3) is 0 Å². The van der Waals surface area contributed by atoms with Gasteiger partial charge in [-0.3, -0.25) is 0 Å². The normalized spacial score (nSPS) is 17.4. The van der Waals surface area contributed by atoms with Crippen LogP contribution in [0.4, 0.5) is 0 Å². The molecule has 1 saturated carbocycles. The van der Waals surface area contributed by atoms with Crippen molar-refractivity contribution in [1.82, 2.24) is 0 Å². The molecule has 82 valence electrons. The molecule has 0 aromatic heterocycles. The molecule has 0 atom stereocenters. The Morgan fingerprint density at radius 3 is 2.80 bits per heavy atom. The highest BCUT2D eigenvalue weighted by atomic mass is 16.5. The van der Waals surface area contributed by atoms with Crippen molar-refractivity contribution in [3.63, 3.8) is 0 Å². The standard InChI is InChI=1S/C12H17NO2/c13-9-12(4-5-12)6-7-15-11-3-1-2-10(14)8-11/h1-3,8,14H,4-7,9,13H2. The lowest BCUT2D eigenvalue weighted by molar-refractivity contribution is 0.270. The van der Waals surface area contributed by atoms with Crippen molar-refractivity contribution in [2.45, 2.75) is 19.3 Å². The topological polar surface area (TPSA) is 55.5 Å². The van der Waals surface area contributed by atoms with Gasteiger partial charge in [0.15, 0.2) is 0 Å². The van der Waals surface area contributed by atoms with Crippen LogP contribution in [0.3, 0.4) is 0 Å². The maximum Gasteiger partial charge on any atom is 0.122 e. The lowest BCUT2D eigenvalue weighted by Gasteiger charge is -2.12. The molecule has 0 aliphatic heterocycles. The first-order chi connectivity index (χ1) is 7.24. The van der Waals surface area contributed by atoms with Crippen LogP contribution in [0, 0.1) is 5.41 Å². The van der Waals surface area contributed by atoms with Crippen molar-refractivity contribution >= 4 is 0 Å². The van der Waals surface area contributed by atoms with E-state index < -0.39 is 0 Å². The van der Waals surface area contributed by atoms with Crippen LogP contribution < -0.4 is 10.5 Å². The predicted octanol–water partition coefficient (Wildman–Crippen LogP) is 1.90. The average molecular weight is 207 g/mol. The molecule has 0 spiro atoms. The largest absolute Gasteiger partial charge is 0.508 e. The smallest absolute Gasteiger partial charge is 0.122 e. The number of hydrogen-bond donors (Lipinski definition) is 2. The third-order valence-electron chi connectivity index (χ3n) is 3.11. The Bertz CT molecular complexity index is 334. The SMILES string of the molecule is NCC1(CCOc2cccc(O)c2)CC1. The van der Waals surface area contributed by atoms with Crippen molar-refractivity contribution in [3.05, 3.63) is 24.3 Å². The van der Waals surface area contributed by atoms with Crippen molar-refractivity contribution in [1.29, 1.82) is 0 Å². The molecular formula is C12H17NO2. The lowest BCUT2D eigenvalue weighted by Crippen LogP contribution is -2.18. The van der Waals surface area contributed by atoms with Crippen LogP contribution in [-0.4, -0.2) is 18.3 Å². The fraction of sp³-hybridized carbons (Fsp3) is 0.500. The second kappa shape index (κ2) is 4.11. The van der Waals surface area contributed by atoms with Gasteiger partial charge in [0.05, 0.1) is 6.61 Å². The summed E-state index contributed by atoms with van der Waals surface area (Å²) in [5.74, 6) is 0.968. The number of phenols is 1. The molecule has 1 aliphatic rings. The first-order valence-electron chi connectivity index (χ1n) is 5.36. The van der Waals surface area contributed by atoms with Crippen molar-refractivity contribution in [2.75, 3.05) is 13.2 Å². The number of benzene rings is 1. The van der Waals surface area contributed by atoms with Gasteiger partial charge in [-0.15, -0.1) is 0 Å². The number of ether oxygens (including phenoxy) is 1. The van der Waals surface area contributed by atoms with E-state index >= 15 is 0 Å². The molecule has 3 N–H and O–H groups in total. The average Bonchev–Trinajstić information content (AvgIpc) is 2.99. The Morgan fingerprint density at radius 2 is 2.20 bits per heavy atom. The minimum atomic E-state index is 0.243. The fourth-order valence-corrected chi connectivity index (χ4v) is 1.69. The summed E-state index contributed by atoms with van der Waals surface area (Å²) in [5, 5.41) is 9.23. The zero-order valence-electron chi connectivity index (χ0n) is 8.78. The molecule has 1 fully saturated rings. The van der Waals surface area contributed by atoms with Crippen LogP contribution in [0.1, 0.15) is 19.3 Å². The zero-order valence-corrected chi connectivity index (χ0v) is 8.78. The molecule has 3 nitrogen and oxygen atoms in total. The third kappa shape index (κ3) is 2.63. The predicted molar refractivity (Wildman–Crippen MR) is 58.9 cm³/mol. The van der Waals surface area contributed by atoms with Gasteiger partial charge in [-0.2, -0.15) is 0 Å². The van der Waals surface area contributed by atoms with Gasteiger partial charge in [-0.1, -0.05) is 6.07 Å². The van der Waals surface area contributed by atoms with Crippen LogP contribution in [0.25, 0.3) is 0 Å². The number of aromatic hydroxyl groups is 1. The van der Waals surface area contributed by atoms with Crippen molar-refractivity contribution in [2.24, 2.45) is 11.1 Å². The monoisotopic (exact) mass is 207 g/mol. The Balaban J connectivity index is 1.78. The summed E-state index contributed by atoms with van der Waals surface area (Å²) in [7, 11) is 0. The molecule has 0 heterocycles. The lowest BCUT2D eigenvalue weighted by atomic mass is 10.0. The van der Waals surface area contributed by atoms with Gasteiger partial charge in [-0.05, 0) is 43.4 Å². The highest BCUT2D eigenvalue weighted by Crippen LogP contribution is 2.47. The van der Waals surface area contributed by atoms with Crippen LogP contribution in [0.5, 0.6) is 11.5 Å². The molecule has 15 heavy (non-hydrogen) atoms. The maximum atomic E-state index is 9.23. The minimum absolute atomic E-state index is 0.243. The maximum absolute atomic E-state index is 9.23. The first kappa shape index (κ1) is 10.3. The highest BCUT2D eigenvalue weighted by molar-refractivity contribution is 5.31. The molecule has 0 amide bonds. The van der Waals surface area contributed by atoms with E-state index in [1.54, 1.807) is 18.2 Å². The van der Waals surface area contributed by atoms with Crippen molar-refractivity contribution in [3.8, 4) is 11.5 Å². The van der Waals surface area contributed by atoms with Gasteiger partial charge in [0, 0.05) is 6.07 Å². The summed E-state index contributed by atoms with van der Waals surface area (Å²) in [4.78, 5) is 0. The van der Waals surface area contributed by atoms with E-state index in [9.17, 15) is 5.11 Å². The summed E-state index contributed by atoms with van der Waals surface area (Å²) in [6, 6.07) is 6.89. The molecule has 0 saturated heterocycles. The van der Waals surface area contributed by atoms with E-state index in [2.05, 4.69) is 0 Å². The molecule has 0 unspecified atom stereocenters. The molecule has 0 radical (unpaired) electrons. The fourth-order valence-electron chi connectivity index (χ4n) is 1.69. The van der Waals surface area contributed by atoms with Crippen LogP contribution >= 0.6 is 0 Å². The van der Waals surface area contributed by atoms with E-state index in [4.69, 9.17) is 10.5 Å². The summed E-state index contributed by atoms with van der Waals surface area (Å²) < 4.78 is 5.55. The Hall–Kier alpha value is -1.22. The second-order valence-electron chi connectivity index (χ2n) is 4.30. The van der Waals surface area contributed by atoms with Gasteiger partial charge < -0.3 is 15.6 Å². The molecule has 1 aromatic carbocycles. The second-order valence-corrected chi connectivity index (χ2v) is 4.30. The van der Waals surface area contributed by atoms with Crippen molar-refractivity contribution < 1.29 is 9.84 Å². The van der Waals surface area contributed by atoms with Crippen LogP contribution in [0.15, 0.2) is 24.3 Å². The van der Waals surface area contributed by atoms with Crippen LogP contribution in [-0.2, 0) is 0 Å². The number of nitrogens with two attached hydrogens (primary N) is 1.